The second-order valence-electron chi connectivity index (χ2n) is 9.85. The Morgan fingerprint density at radius 1 is 1.07 bits per heavy atom. The van der Waals surface area contributed by atoms with Crippen molar-refractivity contribution in [3.8, 4) is 0 Å². The Labute approximate surface area is 169 Å². The van der Waals surface area contributed by atoms with E-state index in [0.29, 0.717) is 30.3 Å². The van der Waals surface area contributed by atoms with E-state index in [1.165, 1.54) is 12.8 Å². The Bertz CT molecular complexity index is 646. The smallest absolute Gasteiger partial charge is 0.339 e. The van der Waals surface area contributed by atoms with Crippen molar-refractivity contribution < 1.29 is 18.0 Å². The molecule has 164 valence electrons. The lowest BCUT2D eigenvalue weighted by Crippen LogP contribution is -2.54. The maximum Gasteiger partial charge on any atom is 0.404 e. The number of carbonyl (C=O) groups excluding carboxylic acids is 1. The molecule has 3 aliphatic heterocycles. The van der Waals surface area contributed by atoms with Gasteiger partial charge in [0, 0.05) is 24.4 Å². The summed E-state index contributed by atoms with van der Waals surface area (Å²) in [5.41, 5.74) is 6.56. The fraction of sp³-hybridized carbons (Fsp3) is 0.950. The molecule has 2 saturated carbocycles. The maximum atomic E-state index is 13.5. The zero-order chi connectivity index (χ0) is 20.3. The topological polar surface area (TPSA) is 59.6 Å². The van der Waals surface area contributed by atoms with E-state index >= 15 is 0 Å². The van der Waals surface area contributed by atoms with Crippen LogP contribution in [0.25, 0.3) is 0 Å². The van der Waals surface area contributed by atoms with Gasteiger partial charge in [-0.05, 0) is 57.0 Å². The zero-order valence-electron chi connectivity index (χ0n) is 16.9. The summed E-state index contributed by atoms with van der Waals surface area (Å²) in [6.07, 6.45) is 1.97. The van der Waals surface area contributed by atoms with E-state index < -0.39 is 24.1 Å². The summed E-state index contributed by atoms with van der Waals surface area (Å²) in [4.78, 5) is 17.2. The van der Waals surface area contributed by atoms with Crippen LogP contribution in [0, 0.1) is 29.6 Å². The number of hydrogen-bond acceptors (Lipinski definition) is 5. The predicted octanol–water partition coefficient (Wildman–Crippen LogP) is 1.50. The highest BCUT2D eigenvalue weighted by Crippen LogP contribution is 2.52. The van der Waals surface area contributed by atoms with Gasteiger partial charge >= 0.3 is 6.18 Å². The Morgan fingerprint density at radius 2 is 1.90 bits per heavy atom. The molecule has 0 aromatic heterocycles. The lowest BCUT2D eigenvalue weighted by atomic mass is 9.81. The molecule has 3 heterocycles. The third kappa shape index (κ3) is 3.58. The molecule has 0 spiro atoms. The van der Waals surface area contributed by atoms with E-state index in [0.717, 1.165) is 25.9 Å². The van der Waals surface area contributed by atoms with Crippen molar-refractivity contribution in [3.05, 3.63) is 0 Å². The molecule has 5 fully saturated rings. The number of nitrogens with one attached hydrogen (secondary N) is 3. The summed E-state index contributed by atoms with van der Waals surface area (Å²) >= 11 is 0. The molecule has 3 saturated heterocycles. The molecule has 2 aliphatic carbocycles. The maximum absolute atomic E-state index is 13.5. The lowest BCUT2D eigenvalue weighted by Gasteiger charge is -2.36. The number of carbonyl (C=O) groups is 1. The highest BCUT2D eigenvalue weighted by atomic mass is 19.4. The number of hydrazine groups is 1. The van der Waals surface area contributed by atoms with Crippen LogP contribution >= 0.6 is 0 Å². The van der Waals surface area contributed by atoms with Gasteiger partial charge in [0.25, 0.3) is 0 Å². The first kappa shape index (κ1) is 20.0. The third-order valence-electron chi connectivity index (χ3n) is 8.21. The van der Waals surface area contributed by atoms with E-state index in [2.05, 4.69) is 28.1 Å². The summed E-state index contributed by atoms with van der Waals surface area (Å²) in [5, 5.41) is 2.63. The molecular formula is C20H32F3N5O. The molecule has 0 bridgehead atoms. The van der Waals surface area contributed by atoms with Crippen LogP contribution in [0.1, 0.15) is 38.5 Å². The Balaban J connectivity index is 1.24. The quantitative estimate of drug-likeness (QED) is 0.652. The largest absolute Gasteiger partial charge is 0.404 e. The predicted molar refractivity (Wildman–Crippen MR) is 101 cm³/mol. The molecule has 1 amide bonds. The second kappa shape index (κ2) is 7.35. The molecule has 0 aromatic rings. The SMILES string of the molecule is CN1CNNC1[C@@H]1C[C@@H]1C1CCCC(N2CC3C(CCNC3C(F)(F)F)C2=O)C1. The van der Waals surface area contributed by atoms with E-state index in [1.807, 2.05) is 4.90 Å². The Hall–Kier alpha value is -0.900. The van der Waals surface area contributed by atoms with Gasteiger partial charge in [-0.2, -0.15) is 13.2 Å². The molecule has 3 N–H and O–H groups in total. The normalized spacial score (nSPS) is 46.2. The number of likely N-dealkylation sites (tertiary alicyclic amines) is 1. The zero-order valence-corrected chi connectivity index (χ0v) is 16.9. The fourth-order valence-electron chi connectivity index (χ4n) is 6.68. The average Bonchev–Trinajstić information content (AvgIpc) is 3.25. The van der Waals surface area contributed by atoms with Gasteiger partial charge in [0.05, 0.1) is 12.8 Å². The van der Waals surface area contributed by atoms with Crippen LogP contribution in [-0.2, 0) is 4.79 Å². The number of hydrogen-bond donors (Lipinski definition) is 3. The molecule has 0 radical (unpaired) electrons. The molecule has 6 unspecified atom stereocenters. The summed E-state index contributed by atoms with van der Waals surface area (Å²) < 4.78 is 40.4. The van der Waals surface area contributed by atoms with Crippen LogP contribution < -0.4 is 16.2 Å². The summed E-state index contributed by atoms with van der Waals surface area (Å²) in [6, 6.07) is -1.42. The van der Waals surface area contributed by atoms with Crippen molar-refractivity contribution >= 4 is 5.91 Å². The first-order valence-electron chi connectivity index (χ1n) is 11.1. The van der Waals surface area contributed by atoms with Crippen LogP contribution in [0.4, 0.5) is 13.2 Å². The van der Waals surface area contributed by atoms with Crippen molar-refractivity contribution in [2.45, 2.75) is 63.0 Å². The van der Waals surface area contributed by atoms with Crippen molar-refractivity contribution in [1.29, 1.82) is 0 Å². The van der Waals surface area contributed by atoms with Crippen LogP contribution in [0.3, 0.4) is 0 Å². The molecule has 6 nitrogen and oxygen atoms in total. The molecule has 0 aromatic carbocycles. The lowest BCUT2D eigenvalue weighted by molar-refractivity contribution is -0.175. The minimum atomic E-state index is -4.29. The first-order chi connectivity index (χ1) is 13.8. The number of rotatable bonds is 3. The molecule has 29 heavy (non-hydrogen) atoms. The van der Waals surface area contributed by atoms with Crippen LogP contribution in [0.5, 0.6) is 0 Å². The Morgan fingerprint density at radius 3 is 2.62 bits per heavy atom. The summed E-state index contributed by atoms with van der Waals surface area (Å²) in [6.45, 7) is 1.39. The highest BCUT2D eigenvalue weighted by molar-refractivity contribution is 5.82. The number of halogens is 3. The number of amides is 1. The molecule has 8 atom stereocenters. The monoisotopic (exact) mass is 415 g/mol. The standard InChI is InChI=1S/C20H32F3N5O/c1-27-10-25-26-18(27)15-8-14(15)11-3-2-4-12(7-11)28-9-16-13(19(28)29)5-6-24-17(16)20(21,22)23/h11-18,24-26H,2-10H2,1H3/t11?,12?,13?,14-,15-,16?,17?,18?/m1/s1. The van der Waals surface area contributed by atoms with Gasteiger partial charge in [-0.25, -0.2) is 10.9 Å². The second-order valence-corrected chi connectivity index (χ2v) is 9.85. The van der Waals surface area contributed by atoms with Gasteiger partial charge in [-0.15, -0.1) is 0 Å². The van der Waals surface area contributed by atoms with Gasteiger partial charge in [0.2, 0.25) is 5.91 Å². The average molecular weight is 416 g/mol. The van der Waals surface area contributed by atoms with Crippen LogP contribution in [0.2, 0.25) is 0 Å². The van der Waals surface area contributed by atoms with E-state index in [4.69, 9.17) is 0 Å². The van der Waals surface area contributed by atoms with Crippen molar-refractivity contribution in [1.82, 2.24) is 26.0 Å². The van der Waals surface area contributed by atoms with Gasteiger partial charge in [-0.1, -0.05) is 12.8 Å². The van der Waals surface area contributed by atoms with Gasteiger partial charge in [0.1, 0.15) is 6.04 Å². The molecule has 9 heteroatoms. The number of alkyl halides is 3. The third-order valence-corrected chi connectivity index (χ3v) is 8.21. The number of nitrogens with zero attached hydrogens (tertiary/aromatic N) is 2. The Kier molecular flexibility index (Phi) is 5.08. The minimum Gasteiger partial charge on any atom is -0.339 e. The number of piperidine rings is 1. The minimum absolute atomic E-state index is 0.0230. The van der Waals surface area contributed by atoms with Crippen LogP contribution in [0.15, 0.2) is 0 Å². The van der Waals surface area contributed by atoms with E-state index in [1.54, 1.807) is 0 Å². The molecule has 5 rings (SSSR count). The van der Waals surface area contributed by atoms with Gasteiger partial charge < -0.3 is 10.2 Å². The number of fused-ring (bicyclic) bond motifs is 1. The van der Waals surface area contributed by atoms with Crippen LogP contribution in [-0.4, -0.2) is 66.9 Å². The van der Waals surface area contributed by atoms with E-state index in [-0.39, 0.29) is 25.0 Å². The van der Waals surface area contributed by atoms with E-state index in [9.17, 15) is 18.0 Å². The summed E-state index contributed by atoms with van der Waals surface area (Å²) in [5.74, 6) is 0.773. The van der Waals surface area contributed by atoms with Crippen molar-refractivity contribution in [3.63, 3.8) is 0 Å². The molecule has 5 aliphatic rings. The van der Waals surface area contributed by atoms with Gasteiger partial charge in [-0.3, -0.25) is 9.69 Å². The summed E-state index contributed by atoms with van der Waals surface area (Å²) in [7, 11) is 2.12. The van der Waals surface area contributed by atoms with Crippen molar-refractivity contribution in [2.75, 3.05) is 26.8 Å². The first-order valence-corrected chi connectivity index (χ1v) is 11.1. The molecular weight excluding hydrogens is 383 g/mol. The van der Waals surface area contributed by atoms with Gasteiger partial charge in [0.15, 0.2) is 0 Å². The highest BCUT2D eigenvalue weighted by Gasteiger charge is 2.57. The van der Waals surface area contributed by atoms with Crippen molar-refractivity contribution in [2.24, 2.45) is 29.6 Å². The fourth-order valence-corrected chi connectivity index (χ4v) is 6.68.